The molecule has 1 unspecified atom stereocenters. The minimum absolute atomic E-state index is 0.141. The third kappa shape index (κ3) is 2.02. The number of nitrogens with zero attached hydrogens (tertiary/aromatic N) is 2. The first-order valence-electron chi connectivity index (χ1n) is 5.89. The van der Waals surface area contributed by atoms with Gasteiger partial charge in [-0.1, -0.05) is 6.92 Å². The van der Waals surface area contributed by atoms with Crippen molar-refractivity contribution >= 4 is 5.78 Å². The molecule has 4 heteroatoms. The molecule has 4 nitrogen and oxygen atoms in total. The van der Waals surface area contributed by atoms with E-state index in [4.69, 9.17) is 0 Å². The number of ketones is 1. The molecule has 1 atom stereocenters. The number of aromatic nitrogens is 2. The fourth-order valence-corrected chi connectivity index (χ4v) is 2.39. The summed E-state index contributed by atoms with van der Waals surface area (Å²) in [7, 11) is 1.88. The van der Waals surface area contributed by atoms with Crippen molar-refractivity contribution in [1.82, 2.24) is 15.1 Å². The Morgan fingerprint density at radius 2 is 2.50 bits per heavy atom. The van der Waals surface area contributed by atoms with Crippen LogP contribution in [0.1, 0.15) is 25.5 Å². The van der Waals surface area contributed by atoms with E-state index in [9.17, 15) is 4.79 Å². The molecule has 0 aromatic carbocycles. The zero-order chi connectivity index (χ0) is 11.6. The van der Waals surface area contributed by atoms with Crippen LogP contribution >= 0.6 is 0 Å². The molecule has 88 valence electrons. The summed E-state index contributed by atoms with van der Waals surface area (Å²) in [5, 5.41) is 7.55. The molecular formula is C12H19N3O. The summed E-state index contributed by atoms with van der Waals surface area (Å²) in [6.07, 6.45) is 4.24. The van der Waals surface area contributed by atoms with Crippen LogP contribution < -0.4 is 5.32 Å². The van der Waals surface area contributed by atoms with Crippen LogP contribution in [0, 0.1) is 5.41 Å². The molecule has 1 fully saturated rings. The maximum atomic E-state index is 12.3. The second-order valence-corrected chi connectivity index (χ2v) is 4.64. The molecule has 0 amide bonds. The van der Waals surface area contributed by atoms with E-state index in [-0.39, 0.29) is 5.41 Å². The summed E-state index contributed by atoms with van der Waals surface area (Å²) in [5.74, 6) is 0.332. The number of nitrogens with one attached hydrogen (secondary N) is 1. The van der Waals surface area contributed by atoms with E-state index in [1.54, 1.807) is 4.68 Å². The average Bonchev–Trinajstić information content (AvgIpc) is 2.88. The molecule has 0 bridgehead atoms. The Balaban J connectivity index is 2.07. The van der Waals surface area contributed by atoms with E-state index in [0.29, 0.717) is 12.2 Å². The molecular weight excluding hydrogens is 202 g/mol. The quantitative estimate of drug-likeness (QED) is 0.822. The molecule has 1 aromatic rings. The molecule has 1 aliphatic heterocycles. The Kier molecular flexibility index (Phi) is 3.10. The van der Waals surface area contributed by atoms with Crippen LogP contribution in [0.5, 0.6) is 0 Å². The van der Waals surface area contributed by atoms with E-state index in [0.717, 1.165) is 31.6 Å². The largest absolute Gasteiger partial charge is 0.316 e. The highest BCUT2D eigenvalue weighted by molar-refractivity contribution is 5.87. The van der Waals surface area contributed by atoms with Gasteiger partial charge >= 0.3 is 0 Å². The van der Waals surface area contributed by atoms with Gasteiger partial charge in [-0.2, -0.15) is 5.10 Å². The van der Waals surface area contributed by atoms with Crippen molar-refractivity contribution in [2.45, 2.75) is 26.2 Å². The topological polar surface area (TPSA) is 46.9 Å². The summed E-state index contributed by atoms with van der Waals surface area (Å²) in [4.78, 5) is 12.3. The van der Waals surface area contributed by atoms with E-state index < -0.39 is 0 Å². The zero-order valence-electron chi connectivity index (χ0n) is 9.99. The predicted octanol–water partition coefficient (Wildman–Crippen LogP) is 0.921. The van der Waals surface area contributed by atoms with Crippen molar-refractivity contribution in [2.75, 3.05) is 13.1 Å². The third-order valence-corrected chi connectivity index (χ3v) is 3.62. The maximum Gasteiger partial charge on any atom is 0.146 e. The minimum atomic E-state index is -0.141. The van der Waals surface area contributed by atoms with E-state index >= 15 is 0 Å². The van der Waals surface area contributed by atoms with Gasteiger partial charge in [0.1, 0.15) is 5.78 Å². The van der Waals surface area contributed by atoms with Crippen molar-refractivity contribution in [1.29, 1.82) is 0 Å². The Morgan fingerprint density at radius 3 is 3.00 bits per heavy atom. The van der Waals surface area contributed by atoms with Gasteiger partial charge in [-0.3, -0.25) is 9.48 Å². The monoisotopic (exact) mass is 221 g/mol. The van der Waals surface area contributed by atoms with Crippen LogP contribution in [-0.2, 0) is 18.3 Å². The number of hydrogen-bond donors (Lipinski definition) is 1. The smallest absolute Gasteiger partial charge is 0.146 e. The second-order valence-electron chi connectivity index (χ2n) is 4.64. The van der Waals surface area contributed by atoms with Gasteiger partial charge in [-0.05, 0) is 25.5 Å². The Labute approximate surface area is 96.0 Å². The van der Waals surface area contributed by atoms with E-state index in [2.05, 4.69) is 17.3 Å². The van der Waals surface area contributed by atoms with Crippen molar-refractivity contribution in [3.63, 3.8) is 0 Å². The van der Waals surface area contributed by atoms with Gasteiger partial charge in [0.2, 0.25) is 0 Å². The van der Waals surface area contributed by atoms with Crippen LogP contribution in [-0.4, -0.2) is 28.7 Å². The normalized spacial score (nSPS) is 24.9. The number of Topliss-reactive ketones (excluding diaryl/α,β-unsaturated/α-hetero) is 1. The van der Waals surface area contributed by atoms with Crippen molar-refractivity contribution < 1.29 is 4.79 Å². The fraction of sp³-hybridized carbons (Fsp3) is 0.667. The van der Waals surface area contributed by atoms with Crippen LogP contribution in [0.2, 0.25) is 0 Å². The van der Waals surface area contributed by atoms with Crippen molar-refractivity contribution in [2.24, 2.45) is 12.5 Å². The molecule has 1 aliphatic rings. The van der Waals surface area contributed by atoms with Gasteiger partial charge < -0.3 is 5.32 Å². The lowest BCUT2D eigenvalue weighted by atomic mass is 9.78. The number of carbonyl (C=O) groups is 1. The lowest BCUT2D eigenvalue weighted by Gasteiger charge is -2.24. The number of aryl methyl sites for hydroxylation is 1. The average molecular weight is 221 g/mol. The highest BCUT2D eigenvalue weighted by Crippen LogP contribution is 2.31. The molecule has 1 aromatic heterocycles. The summed E-state index contributed by atoms with van der Waals surface area (Å²) < 4.78 is 1.74. The van der Waals surface area contributed by atoms with Crippen molar-refractivity contribution in [3.8, 4) is 0 Å². The van der Waals surface area contributed by atoms with Gasteiger partial charge in [0.15, 0.2) is 0 Å². The molecule has 0 radical (unpaired) electrons. The maximum absolute atomic E-state index is 12.3. The number of hydrogen-bond acceptors (Lipinski definition) is 3. The lowest BCUT2D eigenvalue weighted by molar-refractivity contribution is -0.127. The molecule has 0 spiro atoms. The number of rotatable bonds is 4. The molecule has 0 saturated carbocycles. The standard InChI is InChI=1S/C12H19N3O/c1-3-12(5-6-13-9-12)11(16)8-10-4-7-15(2)14-10/h4,7,13H,3,5-6,8-9H2,1-2H3. The summed E-state index contributed by atoms with van der Waals surface area (Å²) in [6.45, 7) is 3.89. The van der Waals surface area contributed by atoms with Crippen molar-refractivity contribution in [3.05, 3.63) is 18.0 Å². The van der Waals surface area contributed by atoms with Gasteiger partial charge in [0.25, 0.3) is 0 Å². The molecule has 0 aliphatic carbocycles. The summed E-state index contributed by atoms with van der Waals surface area (Å²) in [5.41, 5.74) is 0.740. The minimum Gasteiger partial charge on any atom is -0.316 e. The first-order valence-corrected chi connectivity index (χ1v) is 5.89. The predicted molar refractivity (Wildman–Crippen MR) is 62.1 cm³/mol. The molecule has 1 saturated heterocycles. The first kappa shape index (κ1) is 11.3. The number of carbonyl (C=O) groups excluding carboxylic acids is 1. The Hall–Kier alpha value is -1.16. The SMILES string of the molecule is CCC1(C(=O)Cc2ccn(C)n2)CCNC1. The molecule has 2 heterocycles. The highest BCUT2D eigenvalue weighted by atomic mass is 16.1. The van der Waals surface area contributed by atoms with E-state index in [1.807, 2.05) is 19.3 Å². The zero-order valence-corrected chi connectivity index (χ0v) is 9.99. The Morgan fingerprint density at radius 1 is 1.69 bits per heavy atom. The lowest BCUT2D eigenvalue weighted by Crippen LogP contribution is -2.34. The fourth-order valence-electron chi connectivity index (χ4n) is 2.39. The highest BCUT2D eigenvalue weighted by Gasteiger charge is 2.38. The van der Waals surface area contributed by atoms with Crippen LogP contribution in [0.4, 0.5) is 0 Å². The summed E-state index contributed by atoms with van der Waals surface area (Å²) >= 11 is 0. The van der Waals surface area contributed by atoms with Gasteiger partial charge in [0.05, 0.1) is 12.1 Å². The molecule has 16 heavy (non-hydrogen) atoms. The molecule has 2 rings (SSSR count). The molecule has 1 N–H and O–H groups in total. The van der Waals surface area contributed by atoms with Crippen LogP contribution in [0.15, 0.2) is 12.3 Å². The van der Waals surface area contributed by atoms with Gasteiger partial charge in [-0.15, -0.1) is 0 Å². The van der Waals surface area contributed by atoms with Gasteiger partial charge in [0, 0.05) is 25.2 Å². The van der Waals surface area contributed by atoms with E-state index in [1.165, 1.54) is 0 Å². The summed E-state index contributed by atoms with van der Waals surface area (Å²) in [6, 6.07) is 1.92. The van der Waals surface area contributed by atoms with Crippen LogP contribution in [0.25, 0.3) is 0 Å². The van der Waals surface area contributed by atoms with Gasteiger partial charge in [-0.25, -0.2) is 0 Å². The van der Waals surface area contributed by atoms with Crippen LogP contribution in [0.3, 0.4) is 0 Å². The Bertz CT molecular complexity index is 377. The third-order valence-electron chi connectivity index (χ3n) is 3.62. The first-order chi connectivity index (χ1) is 7.66. The second kappa shape index (κ2) is 4.37.